The van der Waals surface area contributed by atoms with Crippen LogP contribution in [-0.2, 0) is 0 Å². The highest BCUT2D eigenvalue weighted by Gasteiger charge is 2.16. The van der Waals surface area contributed by atoms with Gasteiger partial charge in [-0.2, -0.15) is 0 Å². The zero-order valence-corrected chi connectivity index (χ0v) is 18.4. The maximum atomic E-state index is 13.2. The van der Waals surface area contributed by atoms with Gasteiger partial charge < -0.3 is 19.6 Å². The van der Waals surface area contributed by atoms with Crippen LogP contribution in [0.4, 0.5) is 5.69 Å². The highest BCUT2D eigenvalue weighted by atomic mass is 16.5. The minimum Gasteiger partial charge on any atom is -0.497 e. The molecule has 2 aromatic heterocycles. The average Bonchev–Trinajstić information content (AvgIpc) is 3.20. The number of para-hydroxylation sites is 1. The molecule has 2 N–H and O–H groups in total. The maximum Gasteiger partial charge on any atom is 0.296 e. The highest BCUT2D eigenvalue weighted by Crippen LogP contribution is 2.37. The third kappa shape index (κ3) is 3.81. The van der Waals surface area contributed by atoms with Crippen molar-refractivity contribution in [3.05, 3.63) is 78.4 Å². The number of carbonyl (C=O) groups is 1. The van der Waals surface area contributed by atoms with Gasteiger partial charge in [-0.15, -0.1) is 10.2 Å². The van der Waals surface area contributed by atoms with Crippen LogP contribution >= 0.6 is 0 Å². The Morgan fingerprint density at radius 1 is 0.912 bits per heavy atom. The second-order valence-corrected chi connectivity index (χ2v) is 7.54. The lowest BCUT2D eigenvalue weighted by molar-refractivity contribution is 0.0996. The topological polar surface area (TPSA) is 109 Å². The predicted octanol–water partition coefficient (Wildman–Crippen LogP) is 6.03. The molecule has 0 aliphatic carbocycles. The van der Waals surface area contributed by atoms with Gasteiger partial charge in [0.15, 0.2) is 5.69 Å². The summed E-state index contributed by atoms with van der Waals surface area (Å²) in [5.41, 5.74) is 3.29. The lowest BCUT2D eigenvalue weighted by Crippen LogP contribution is -1.99. The molecule has 8 nitrogen and oxygen atoms in total. The molecule has 0 unspecified atom stereocenters. The Labute approximate surface area is 194 Å². The number of aromatic hydroxyl groups is 1. The molecule has 2 heterocycles. The first kappa shape index (κ1) is 21.1. The molecule has 0 fully saturated rings. The SMILES string of the molecule is COc1ccc(-c2cc(C(=O)N=Nc3c(O)[nH]c4ccc(OC)cc34)c3ccccc3n2)cc1. The van der Waals surface area contributed by atoms with E-state index >= 15 is 0 Å². The lowest BCUT2D eigenvalue weighted by atomic mass is 10.0. The van der Waals surface area contributed by atoms with Crippen LogP contribution in [0.25, 0.3) is 33.1 Å². The molecule has 1 amide bonds. The van der Waals surface area contributed by atoms with Crippen LogP contribution in [0.15, 0.2) is 83.0 Å². The number of methoxy groups -OCH3 is 2. The van der Waals surface area contributed by atoms with Gasteiger partial charge >= 0.3 is 0 Å². The summed E-state index contributed by atoms with van der Waals surface area (Å²) in [6.45, 7) is 0. The van der Waals surface area contributed by atoms with Crippen LogP contribution in [0.2, 0.25) is 0 Å². The van der Waals surface area contributed by atoms with E-state index in [4.69, 9.17) is 14.5 Å². The summed E-state index contributed by atoms with van der Waals surface area (Å²) >= 11 is 0. The fourth-order valence-electron chi connectivity index (χ4n) is 3.78. The summed E-state index contributed by atoms with van der Waals surface area (Å²) in [6.07, 6.45) is 0. The van der Waals surface area contributed by atoms with Crippen molar-refractivity contribution in [3.63, 3.8) is 0 Å². The predicted molar refractivity (Wildman–Crippen MR) is 129 cm³/mol. The molecule has 0 spiro atoms. The number of amides is 1. The Balaban J connectivity index is 1.57. The number of azo groups is 1. The van der Waals surface area contributed by atoms with Crippen LogP contribution in [0.5, 0.6) is 17.4 Å². The third-order valence-corrected chi connectivity index (χ3v) is 5.53. The summed E-state index contributed by atoms with van der Waals surface area (Å²) in [5, 5.41) is 19.6. The molecule has 5 aromatic rings. The van der Waals surface area contributed by atoms with Crippen LogP contribution in [0.1, 0.15) is 10.4 Å². The number of nitrogens with zero attached hydrogens (tertiary/aromatic N) is 3. The van der Waals surface area contributed by atoms with Crippen molar-refractivity contribution < 1.29 is 19.4 Å². The minimum atomic E-state index is -0.551. The maximum absolute atomic E-state index is 13.2. The summed E-state index contributed by atoms with van der Waals surface area (Å²) in [6, 6.07) is 21.7. The average molecular weight is 452 g/mol. The molecular weight excluding hydrogens is 432 g/mol. The first-order chi connectivity index (χ1) is 16.6. The number of aromatic amines is 1. The normalized spacial score (nSPS) is 11.4. The molecule has 168 valence electrons. The van der Waals surface area contributed by atoms with E-state index in [1.54, 1.807) is 38.5 Å². The molecule has 0 aliphatic rings. The molecular formula is C26H20N4O4. The third-order valence-electron chi connectivity index (χ3n) is 5.53. The smallest absolute Gasteiger partial charge is 0.296 e. The molecule has 0 radical (unpaired) electrons. The van der Waals surface area contributed by atoms with E-state index in [0.29, 0.717) is 38.8 Å². The molecule has 8 heteroatoms. The zero-order valence-electron chi connectivity index (χ0n) is 18.4. The van der Waals surface area contributed by atoms with Crippen LogP contribution < -0.4 is 9.47 Å². The fourth-order valence-corrected chi connectivity index (χ4v) is 3.78. The van der Waals surface area contributed by atoms with Gasteiger partial charge in [-0.05, 0) is 54.6 Å². The number of H-pyrrole nitrogens is 1. The molecule has 0 bridgehead atoms. The van der Waals surface area contributed by atoms with Crippen molar-refractivity contribution in [2.75, 3.05) is 14.2 Å². The lowest BCUT2D eigenvalue weighted by Gasteiger charge is -2.08. The van der Waals surface area contributed by atoms with Crippen molar-refractivity contribution in [2.24, 2.45) is 10.2 Å². The van der Waals surface area contributed by atoms with Gasteiger partial charge in [0.2, 0.25) is 5.88 Å². The van der Waals surface area contributed by atoms with Crippen molar-refractivity contribution in [1.82, 2.24) is 9.97 Å². The first-order valence-electron chi connectivity index (χ1n) is 10.5. The summed E-state index contributed by atoms with van der Waals surface area (Å²) in [7, 11) is 3.15. The summed E-state index contributed by atoms with van der Waals surface area (Å²) < 4.78 is 10.5. The Morgan fingerprint density at radius 2 is 1.65 bits per heavy atom. The van der Waals surface area contributed by atoms with Crippen LogP contribution in [0.3, 0.4) is 0 Å². The number of nitrogens with one attached hydrogen (secondary N) is 1. The van der Waals surface area contributed by atoms with Gasteiger partial charge in [0.25, 0.3) is 5.91 Å². The summed E-state index contributed by atoms with van der Waals surface area (Å²) in [5.74, 6) is 0.590. The van der Waals surface area contributed by atoms with Crippen molar-refractivity contribution in [3.8, 4) is 28.6 Å². The number of rotatable bonds is 5. The number of benzene rings is 3. The minimum absolute atomic E-state index is 0.163. The molecule has 34 heavy (non-hydrogen) atoms. The van der Waals surface area contributed by atoms with E-state index in [9.17, 15) is 9.90 Å². The monoisotopic (exact) mass is 452 g/mol. The molecule has 5 rings (SSSR count). The van der Waals surface area contributed by atoms with E-state index in [1.165, 1.54) is 0 Å². The first-order valence-corrected chi connectivity index (χ1v) is 10.5. The molecule has 0 aliphatic heterocycles. The molecule has 0 atom stereocenters. The number of pyridine rings is 1. The van der Waals surface area contributed by atoms with E-state index in [-0.39, 0.29) is 11.6 Å². The van der Waals surface area contributed by atoms with E-state index in [0.717, 1.165) is 11.3 Å². The number of hydrogen-bond acceptors (Lipinski definition) is 6. The second-order valence-electron chi connectivity index (χ2n) is 7.54. The Morgan fingerprint density at radius 3 is 2.41 bits per heavy atom. The van der Waals surface area contributed by atoms with E-state index in [2.05, 4.69) is 15.2 Å². The Kier molecular flexibility index (Phi) is 5.39. The van der Waals surface area contributed by atoms with E-state index < -0.39 is 5.91 Å². The van der Waals surface area contributed by atoms with Gasteiger partial charge in [-0.1, -0.05) is 18.2 Å². The van der Waals surface area contributed by atoms with Gasteiger partial charge in [0.1, 0.15) is 11.5 Å². The molecule has 0 saturated carbocycles. The van der Waals surface area contributed by atoms with E-state index in [1.807, 2.05) is 48.5 Å². The van der Waals surface area contributed by atoms with Gasteiger partial charge in [-0.25, -0.2) is 4.98 Å². The second kappa shape index (κ2) is 8.67. The molecule has 3 aromatic carbocycles. The number of fused-ring (bicyclic) bond motifs is 2. The van der Waals surface area contributed by atoms with Crippen molar-refractivity contribution in [1.29, 1.82) is 0 Å². The van der Waals surface area contributed by atoms with Gasteiger partial charge in [0.05, 0.1) is 36.5 Å². The van der Waals surface area contributed by atoms with Crippen LogP contribution in [-0.4, -0.2) is 35.2 Å². The van der Waals surface area contributed by atoms with Crippen LogP contribution in [0, 0.1) is 0 Å². The Bertz CT molecular complexity index is 1560. The fraction of sp³-hybridized carbons (Fsp3) is 0.0769. The number of carbonyl (C=O) groups excluding carboxylic acids is 1. The van der Waals surface area contributed by atoms with Crippen molar-refractivity contribution >= 4 is 33.4 Å². The quantitative estimate of drug-likeness (QED) is 0.317. The van der Waals surface area contributed by atoms with Crippen molar-refractivity contribution in [2.45, 2.75) is 0 Å². The number of ether oxygens (including phenoxy) is 2. The largest absolute Gasteiger partial charge is 0.497 e. The zero-order chi connectivity index (χ0) is 23.7. The number of aromatic nitrogens is 2. The van der Waals surface area contributed by atoms with Gasteiger partial charge in [0, 0.05) is 16.3 Å². The highest BCUT2D eigenvalue weighted by molar-refractivity contribution is 6.07. The van der Waals surface area contributed by atoms with Gasteiger partial charge in [-0.3, -0.25) is 4.79 Å². The Hall–Kier alpha value is -4.72. The summed E-state index contributed by atoms with van der Waals surface area (Å²) in [4.78, 5) is 20.7. The molecule has 0 saturated heterocycles. The number of hydrogen-bond donors (Lipinski definition) is 2. The standard InChI is InChI=1S/C26H20N4O4/c1-33-16-9-7-15(8-10-16)23-14-19(18-5-3-4-6-21(18)27-23)25(31)30-29-24-20-13-17(34-2)11-12-22(20)28-26(24)32/h3-14,28,32H,1-2H3.